The van der Waals surface area contributed by atoms with Crippen molar-refractivity contribution < 1.29 is 9.59 Å². The summed E-state index contributed by atoms with van der Waals surface area (Å²) in [5.74, 6) is -0.562. The van der Waals surface area contributed by atoms with E-state index in [0.29, 0.717) is 11.3 Å². The van der Waals surface area contributed by atoms with E-state index in [1.165, 1.54) is 0 Å². The van der Waals surface area contributed by atoms with Gasteiger partial charge in [-0.05, 0) is 36.6 Å². The lowest BCUT2D eigenvalue weighted by Gasteiger charge is -2.15. The molecule has 1 heterocycles. The summed E-state index contributed by atoms with van der Waals surface area (Å²) in [4.78, 5) is 28.6. The summed E-state index contributed by atoms with van der Waals surface area (Å²) in [7, 11) is 0. The van der Waals surface area contributed by atoms with E-state index in [1.54, 1.807) is 43.6 Å². The highest BCUT2D eigenvalue weighted by atomic mass is 16.2. The molecule has 3 aromatic rings. The van der Waals surface area contributed by atoms with Crippen molar-refractivity contribution in [2.45, 2.75) is 13.0 Å². The van der Waals surface area contributed by atoms with E-state index in [0.717, 1.165) is 10.8 Å². The Hall–Kier alpha value is -3.21. The molecule has 5 nitrogen and oxygen atoms in total. The minimum atomic E-state index is -0.662. The van der Waals surface area contributed by atoms with Crippen molar-refractivity contribution in [3.63, 3.8) is 0 Å². The molecule has 24 heavy (non-hydrogen) atoms. The Kier molecular flexibility index (Phi) is 4.52. The van der Waals surface area contributed by atoms with Gasteiger partial charge < -0.3 is 10.6 Å². The maximum atomic E-state index is 12.4. The van der Waals surface area contributed by atoms with E-state index >= 15 is 0 Å². The largest absolute Gasteiger partial charge is 0.341 e. The quantitative estimate of drug-likeness (QED) is 0.776. The molecule has 2 aromatic carbocycles. The summed E-state index contributed by atoms with van der Waals surface area (Å²) < 4.78 is 0. The van der Waals surface area contributed by atoms with Gasteiger partial charge in [-0.2, -0.15) is 0 Å². The Balaban J connectivity index is 1.71. The highest BCUT2D eigenvalue weighted by Gasteiger charge is 2.17. The summed E-state index contributed by atoms with van der Waals surface area (Å²) in [6.45, 7) is 1.65. The van der Waals surface area contributed by atoms with Gasteiger partial charge in [-0.25, -0.2) is 0 Å². The van der Waals surface area contributed by atoms with E-state index in [-0.39, 0.29) is 11.8 Å². The number of amides is 2. The zero-order chi connectivity index (χ0) is 16.9. The first-order valence-electron chi connectivity index (χ1n) is 7.64. The molecule has 2 amide bonds. The Bertz CT molecular complexity index is 873. The molecule has 3 rings (SSSR count). The minimum Gasteiger partial charge on any atom is -0.341 e. The number of hydrogen-bond acceptors (Lipinski definition) is 3. The van der Waals surface area contributed by atoms with E-state index in [1.807, 2.05) is 30.3 Å². The molecule has 1 aromatic heterocycles. The number of carbonyl (C=O) groups is 2. The summed E-state index contributed by atoms with van der Waals surface area (Å²) in [6.07, 6.45) is 3.41. The van der Waals surface area contributed by atoms with Gasteiger partial charge in [-0.1, -0.05) is 30.3 Å². The Labute approximate surface area is 139 Å². The van der Waals surface area contributed by atoms with Crippen LogP contribution >= 0.6 is 0 Å². The number of carbonyl (C=O) groups excluding carboxylic acids is 2. The fourth-order valence-corrected chi connectivity index (χ4v) is 2.40. The van der Waals surface area contributed by atoms with E-state index < -0.39 is 6.04 Å². The average Bonchev–Trinajstić information content (AvgIpc) is 2.62. The van der Waals surface area contributed by atoms with Gasteiger partial charge in [0.2, 0.25) is 5.91 Å². The first kappa shape index (κ1) is 15.7. The summed E-state index contributed by atoms with van der Waals surface area (Å²) >= 11 is 0. The van der Waals surface area contributed by atoms with E-state index in [2.05, 4.69) is 15.6 Å². The first-order valence-corrected chi connectivity index (χ1v) is 7.64. The van der Waals surface area contributed by atoms with E-state index in [9.17, 15) is 9.59 Å². The average molecular weight is 319 g/mol. The predicted octanol–water partition coefficient (Wildman–Crippen LogP) is 2.99. The van der Waals surface area contributed by atoms with Crippen LogP contribution in [0.3, 0.4) is 0 Å². The highest BCUT2D eigenvalue weighted by molar-refractivity contribution is 6.05. The Morgan fingerprint density at radius 1 is 1.00 bits per heavy atom. The number of nitrogens with one attached hydrogen (secondary N) is 2. The van der Waals surface area contributed by atoms with Crippen LogP contribution in [0, 0.1) is 0 Å². The second-order valence-corrected chi connectivity index (χ2v) is 5.45. The monoisotopic (exact) mass is 319 g/mol. The molecule has 0 bridgehead atoms. The molecule has 0 saturated carbocycles. The fraction of sp³-hybridized carbons (Fsp3) is 0.105. The van der Waals surface area contributed by atoms with Crippen molar-refractivity contribution in [3.05, 3.63) is 72.6 Å². The molecular weight excluding hydrogens is 302 g/mol. The normalized spacial score (nSPS) is 11.7. The maximum Gasteiger partial charge on any atom is 0.251 e. The fourth-order valence-electron chi connectivity index (χ4n) is 2.40. The number of pyridine rings is 1. The van der Waals surface area contributed by atoms with Crippen molar-refractivity contribution in [1.29, 1.82) is 0 Å². The van der Waals surface area contributed by atoms with Crippen molar-refractivity contribution in [1.82, 2.24) is 10.3 Å². The van der Waals surface area contributed by atoms with Gasteiger partial charge in [0, 0.05) is 23.3 Å². The molecule has 0 aliphatic heterocycles. The highest BCUT2D eigenvalue weighted by Crippen LogP contribution is 2.22. The lowest BCUT2D eigenvalue weighted by molar-refractivity contribution is -0.117. The van der Waals surface area contributed by atoms with Crippen LogP contribution in [0.15, 0.2) is 67.0 Å². The number of rotatable bonds is 4. The molecule has 0 saturated heterocycles. The predicted molar refractivity (Wildman–Crippen MR) is 93.7 cm³/mol. The molecule has 2 N–H and O–H groups in total. The van der Waals surface area contributed by atoms with Crippen LogP contribution < -0.4 is 10.6 Å². The number of fused-ring (bicyclic) bond motifs is 1. The standard InChI is InChI=1S/C19H17N3O2/c1-13(21-19(24)15-6-3-2-4-7-15)18(23)22-17-9-5-8-14-10-11-20-12-16(14)17/h2-13H,1H3,(H,21,24)(H,22,23). The number of hydrogen-bond donors (Lipinski definition) is 2. The smallest absolute Gasteiger partial charge is 0.251 e. The molecule has 0 aliphatic carbocycles. The van der Waals surface area contributed by atoms with Crippen LogP contribution in [0.1, 0.15) is 17.3 Å². The molecule has 0 aliphatic rings. The van der Waals surface area contributed by atoms with Gasteiger partial charge in [0.05, 0.1) is 5.69 Å². The van der Waals surface area contributed by atoms with Crippen LogP contribution in [-0.4, -0.2) is 22.8 Å². The van der Waals surface area contributed by atoms with Gasteiger partial charge in [0.25, 0.3) is 5.91 Å². The molecule has 120 valence electrons. The van der Waals surface area contributed by atoms with Crippen LogP contribution in [0.5, 0.6) is 0 Å². The van der Waals surface area contributed by atoms with Crippen molar-refractivity contribution >= 4 is 28.3 Å². The van der Waals surface area contributed by atoms with E-state index in [4.69, 9.17) is 0 Å². The number of anilines is 1. The van der Waals surface area contributed by atoms with Crippen molar-refractivity contribution in [2.24, 2.45) is 0 Å². The molecule has 0 fully saturated rings. The Morgan fingerprint density at radius 2 is 1.79 bits per heavy atom. The third-order valence-corrected chi connectivity index (χ3v) is 3.72. The minimum absolute atomic E-state index is 0.280. The molecule has 5 heteroatoms. The van der Waals surface area contributed by atoms with Crippen LogP contribution in [-0.2, 0) is 4.79 Å². The number of nitrogens with zero attached hydrogens (tertiary/aromatic N) is 1. The topological polar surface area (TPSA) is 71.1 Å². The van der Waals surface area contributed by atoms with Crippen LogP contribution in [0.25, 0.3) is 10.8 Å². The summed E-state index contributed by atoms with van der Waals surface area (Å²) in [5.41, 5.74) is 1.19. The van der Waals surface area contributed by atoms with Crippen LogP contribution in [0.4, 0.5) is 5.69 Å². The van der Waals surface area contributed by atoms with Gasteiger partial charge in [-0.15, -0.1) is 0 Å². The number of benzene rings is 2. The third-order valence-electron chi connectivity index (χ3n) is 3.72. The maximum absolute atomic E-state index is 12.4. The zero-order valence-electron chi connectivity index (χ0n) is 13.2. The SMILES string of the molecule is CC(NC(=O)c1ccccc1)C(=O)Nc1cccc2ccncc12. The molecule has 1 unspecified atom stereocenters. The summed E-state index contributed by atoms with van der Waals surface area (Å²) in [5, 5.41) is 7.39. The summed E-state index contributed by atoms with van der Waals surface area (Å²) in [6, 6.07) is 15.7. The van der Waals surface area contributed by atoms with Crippen molar-refractivity contribution in [2.75, 3.05) is 5.32 Å². The second kappa shape index (κ2) is 6.91. The molecular formula is C19H17N3O2. The second-order valence-electron chi connectivity index (χ2n) is 5.45. The Morgan fingerprint density at radius 3 is 2.58 bits per heavy atom. The zero-order valence-corrected chi connectivity index (χ0v) is 13.2. The third kappa shape index (κ3) is 3.41. The van der Waals surface area contributed by atoms with Crippen LogP contribution in [0.2, 0.25) is 0 Å². The van der Waals surface area contributed by atoms with Gasteiger partial charge in [0.1, 0.15) is 6.04 Å². The van der Waals surface area contributed by atoms with Gasteiger partial charge >= 0.3 is 0 Å². The van der Waals surface area contributed by atoms with Gasteiger partial charge in [-0.3, -0.25) is 14.6 Å². The lowest BCUT2D eigenvalue weighted by Crippen LogP contribution is -2.41. The first-order chi connectivity index (χ1) is 11.6. The number of aromatic nitrogens is 1. The van der Waals surface area contributed by atoms with Gasteiger partial charge in [0.15, 0.2) is 0 Å². The lowest BCUT2D eigenvalue weighted by atomic mass is 10.1. The molecule has 0 spiro atoms. The molecule has 0 radical (unpaired) electrons. The molecule has 1 atom stereocenters. The van der Waals surface area contributed by atoms with Crippen molar-refractivity contribution in [3.8, 4) is 0 Å².